The van der Waals surface area contributed by atoms with E-state index in [0.29, 0.717) is 0 Å². The molecule has 6 heteroatoms. The number of sulfonamides is 1. The van der Waals surface area contributed by atoms with Gasteiger partial charge in [0.1, 0.15) is 4.90 Å². The lowest BCUT2D eigenvalue weighted by Gasteiger charge is -2.27. The van der Waals surface area contributed by atoms with Crippen molar-refractivity contribution in [2.45, 2.75) is 31.3 Å². The summed E-state index contributed by atoms with van der Waals surface area (Å²) in [5.41, 5.74) is 0.906. The highest BCUT2D eigenvalue weighted by atomic mass is 35.5. The van der Waals surface area contributed by atoms with Gasteiger partial charge in [-0.2, -0.15) is 4.31 Å². The van der Waals surface area contributed by atoms with Crippen LogP contribution in [0.5, 0.6) is 0 Å². The van der Waals surface area contributed by atoms with Gasteiger partial charge in [0.25, 0.3) is 0 Å². The fraction of sp³-hybridized carbons (Fsp3) is 0.250. The average molecular weight is 358 g/mol. The molecule has 118 valence electrons. The highest BCUT2D eigenvalue weighted by Crippen LogP contribution is 2.33. The number of nitrogens with zero attached hydrogens (tertiary/aromatic N) is 1. The summed E-state index contributed by atoms with van der Waals surface area (Å²) >= 11 is 12.2. The quantitative estimate of drug-likeness (QED) is 0.784. The number of hydrogen-bond acceptors (Lipinski definition) is 2. The number of halogens is 2. The molecule has 2 aromatic carbocycles. The number of benzene rings is 2. The normalized spacial score (nSPS) is 12.1. The number of hydrogen-bond donors (Lipinski definition) is 0. The van der Waals surface area contributed by atoms with E-state index >= 15 is 0 Å². The van der Waals surface area contributed by atoms with Gasteiger partial charge in [0.2, 0.25) is 10.0 Å². The summed E-state index contributed by atoms with van der Waals surface area (Å²) in [5.74, 6) is 0. The van der Waals surface area contributed by atoms with Gasteiger partial charge in [-0.1, -0.05) is 59.6 Å². The van der Waals surface area contributed by atoms with Gasteiger partial charge in [-0.05, 0) is 31.5 Å². The zero-order valence-corrected chi connectivity index (χ0v) is 14.7. The van der Waals surface area contributed by atoms with Gasteiger partial charge in [-0.25, -0.2) is 8.42 Å². The van der Waals surface area contributed by atoms with Gasteiger partial charge in [-0.3, -0.25) is 0 Å². The Morgan fingerprint density at radius 3 is 2.00 bits per heavy atom. The van der Waals surface area contributed by atoms with E-state index in [-0.39, 0.29) is 27.5 Å². The molecule has 0 fully saturated rings. The van der Waals surface area contributed by atoms with Gasteiger partial charge >= 0.3 is 0 Å². The second kappa shape index (κ2) is 7.01. The lowest BCUT2D eigenvalue weighted by atomic mass is 10.2. The van der Waals surface area contributed by atoms with E-state index in [1.54, 1.807) is 6.07 Å². The molecule has 0 atom stereocenters. The van der Waals surface area contributed by atoms with Crippen LogP contribution in [-0.2, 0) is 16.6 Å². The highest BCUT2D eigenvalue weighted by molar-refractivity contribution is 7.89. The van der Waals surface area contributed by atoms with Gasteiger partial charge in [0.15, 0.2) is 0 Å². The predicted molar refractivity (Wildman–Crippen MR) is 90.8 cm³/mol. The minimum absolute atomic E-state index is 0.0389. The Hall–Kier alpha value is -1.07. The van der Waals surface area contributed by atoms with Crippen molar-refractivity contribution in [2.75, 3.05) is 0 Å². The molecule has 0 aromatic heterocycles. The zero-order chi connectivity index (χ0) is 16.3. The van der Waals surface area contributed by atoms with Gasteiger partial charge < -0.3 is 0 Å². The van der Waals surface area contributed by atoms with Crippen molar-refractivity contribution in [3.05, 3.63) is 64.1 Å². The van der Waals surface area contributed by atoms with E-state index in [2.05, 4.69) is 0 Å². The molecule has 0 aliphatic heterocycles. The summed E-state index contributed by atoms with van der Waals surface area (Å²) in [6.07, 6.45) is 0. The SMILES string of the molecule is CC(C)N(Cc1ccccc1)S(=O)(=O)c1c(Cl)cccc1Cl. The smallest absolute Gasteiger partial charge is 0.207 e. The molecule has 0 unspecified atom stereocenters. The van der Waals surface area contributed by atoms with Gasteiger partial charge in [0, 0.05) is 12.6 Å². The maximum Gasteiger partial charge on any atom is 0.246 e. The third-order valence-electron chi connectivity index (χ3n) is 3.24. The van der Waals surface area contributed by atoms with Crippen molar-refractivity contribution in [2.24, 2.45) is 0 Å². The van der Waals surface area contributed by atoms with E-state index in [4.69, 9.17) is 23.2 Å². The Balaban J connectivity index is 2.48. The molecule has 0 aliphatic carbocycles. The average Bonchev–Trinajstić information content (AvgIpc) is 2.45. The molecule has 0 bridgehead atoms. The lowest BCUT2D eigenvalue weighted by molar-refractivity contribution is 0.348. The topological polar surface area (TPSA) is 37.4 Å². The van der Waals surface area contributed by atoms with E-state index in [1.165, 1.54) is 16.4 Å². The summed E-state index contributed by atoms with van der Waals surface area (Å²) < 4.78 is 27.4. The predicted octanol–water partition coefficient (Wildman–Crippen LogP) is 4.59. The van der Waals surface area contributed by atoms with Crippen LogP contribution < -0.4 is 0 Å². The largest absolute Gasteiger partial charge is 0.246 e. The molecule has 0 radical (unpaired) electrons. The molecule has 0 saturated carbocycles. The fourth-order valence-electron chi connectivity index (χ4n) is 2.15. The lowest BCUT2D eigenvalue weighted by Crippen LogP contribution is -2.36. The second-order valence-electron chi connectivity index (χ2n) is 5.18. The zero-order valence-electron chi connectivity index (χ0n) is 12.3. The minimum Gasteiger partial charge on any atom is -0.207 e. The molecular formula is C16H17Cl2NO2S. The summed E-state index contributed by atoms with van der Waals surface area (Å²) in [5, 5.41) is 0.262. The number of rotatable bonds is 5. The van der Waals surface area contributed by atoms with Crippen LogP contribution in [0.2, 0.25) is 10.0 Å². The molecule has 0 heterocycles. The molecule has 0 saturated heterocycles. The van der Waals surface area contributed by atoms with Crippen molar-refractivity contribution in [1.29, 1.82) is 0 Å². The molecule has 22 heavy (non-hydrogen) atoms. The summed E-state index contributed by atoms with van der Waals surface area (Å²) in [6.45, 7) is 3.92. The molecule has 2 aromatic rings. The summed E-state index contributed by atoms with van der Waals surface area (Å²) in [4.78, 5) is -0.0389. The van der Waals surface area contributed by atoms with E-state index in [0.717, 1.165) is 5.56 Å². The van der Waals surface area contributed by atoms with Crippen LogP contribution in [0, 0.1) is 0 Å². The van der Waals surface area contributed by atoms with Crippen molar-refractivity contribution in [3.63, 3.8) is 0 Å². The van der Waals surface area contributed by atoms with Crippen LogP contribution in [0.3, 0.4) is 0 Å². The van der Waals surface area contributed by atoms with Gasteiger partial charge in [-0.15, -0.1) is 0 Å². The third-order valence-corrected chi connectivity index (χ3v) is 6.22. The fourth-order valence-corrected chi connectivity index (χ4v) is 4.87. The van der Waals surface area contributed by atoms with Crippen LogP contribution in [-0.4, -0.2) is 18.8 Å². The van der Waals surface area contributed by atoms with Crippen molar-refractivity contribution < 1.29 is 8.42 Å². The Kier molecular flexibility index (Phi) is 5.50. The van der Waals surface area contributed by atoms with Crippen LogP contribution in [0.4, 0.5) is 0 Å². The van der Waals surface area contributed by atoms with E-state index < -0.39 is 10.0 Å². The Morgan fingerprint density at radius 1 is 0.955 bits per heavy atom. The van der Waals surface area contributed by atoms with E-state index in [9.17, 15) is 8.42 Å². The van der Waals surface area contributed by atoms with Crippen molar-refractivity contribution >= 4 is 33.2 Å². The first-order valence-corrected chi connectivity index (χ1v) is 9.03. The van der Waals surface area contributed by atoms with Crippen molar-refractivity contribution in [1.82, 2.24) is 4.31 Å². The monoisotopic (exact) mass is 357 g/mol. The molecule has 0 amide bonds. The first-order chi connectivity index (χ1) is 10.3. The summed E-state index contributed by atoms with van der Waals surface area (Å²) in [6, 6.07) is 13.9. The maximum atomic E-state index is 13.0. The molecule has 2 rings (SSSR count). The third kappa shape index (κ3) is 3.63. The Labute approximate surface area is 141 Å². The molecule has 3 nitrogen and oxygen atoms in total. The Morgan fingerprint density at radius 2 is 1.50 bits per heavy atom. The van der Waals surface area contributed by atoms with Gasteiger partial charge in [0.05, 0.1) is 10.0 Å². The second-order valence-corrected chi connectivity index (χ2v) is 7.82. The standard InChI is InChI=1S/C16H17Cl2NO2S/c1-12(2)19(11-13-7-4-3-5-8-13)22(20,21)16-14(17)9-6-10-15(16)18/h3-10,12H,11H2,1-2H3. The van der Waals surface area contributed by atoms with E-state index in [1.807, 2.05) is 44.2 Å². The minimum atomic E-state index is -3.79. The molecule has 0 spiro atoms. The van der Waals surface area contributed by atoms with Crippen LogP contribution in [0.15, 0.2) is 53.4 Å². The van der Waals surface area contributed by atoms with Crippen LogP contribution in [0.1, 0.15) is 19.4 Å². The van der Waals surface area contributed by atoms with Crippen LogP contribution in [0.25, 0.3) is 0 Å². The highest BCUT2D eigenvalue weighted by Gasteiger charge is 2.31. The first-order valence-electron chi connectivity index (χ1n) is 6.84. The Bertz CT molecular complexity index is 726. The van der Waals surface area contributed by atoms with Crippen LogP contribution >= 0.6 is 23.2 Å². The molecular weight excluding hydrogens is 341 g/mol. The first kappa shape index (κ1) is 17.3. The molecule has 0 N–H and O–H groups in total. The summed E-state index contributed by atoms with van der Waals surface area (Å²) in [7, 11) is -3.79. The molecule has 0 aliphatic rings. The maximum absolute atomic E-state index is 13.0. The van der Waals surface area contributed by atoms with Crippen molar-refractivity contribution in [3.8, 4) is 0 Å².